The van der Waals surface area contributed by atoms with Crippen molar-refractivity contribution in [3.05, 3.63) is 17.0 Å². The number of carbonyl (C=O) groups excluding carboxylic acids is 2. The summed E-state index contributed by atoms with van der Waals surface area (Å²) in [4.78, 5) is 25.5. The Bertz CT molecular complexity index is 730. The number of Topliss-reactive ketones (excluding diaryl/α,β-unsaturated/α-hetero) is 1. The van der Waals surface area contributed by atoms with E-state index in [1.165, 1.54) is 6.92 Å². The van der Waals surface area contributed by atoms with Gasteiger partial charge in [0.2, 0.25) is 5.91 Å². The zero-order valence-corrected chi connectivity index (χ0v) is 15.9. The Labute approximate surface area is 148 Å². The maximum absolute atomic E-state index is 12.0. The van der Waals surface area contributed by atoms with Crippen LogP contribution in [0.1, 0.15) is 54.9 Å². The Hall–Kier alpha value is -1.70. The number of hydrogen-bond acceptors (Lipinski definition) is 6. The standard InChI is InChI=1S/C17H26N2O5S/c1-4-5-14-17(12(2)20)15(24-18-14)10-13-6-8-19(9-7-13)16(21)11-25(3,22)23/h13H,4-11H2,1-3H3. The summed E-state index contributed by atoms with van der Waals surface area (Å²) in [5, 5.41) is 4.05. The maximum Gasteiger partial charge on any atom is 0.237 e. The molecular formula is C17H26N2O5S. The number of carbonyl (C=O) groups is 2. The Morgan fingerprint density at radius 2 is 1.92 bits per heavy atom. The minimum absolute atomic E-state index is 0.0273. The van der Waals surface area contributed by atoms with Crippen LogP contribution in [0.3, 0.4) is 0 Å². The first-order chi connectivity index (χ1) is 11.7. The van der Waals surface area contributed by atoms with Crippen molar-refractivity contribution >= 4 is 21.5 Å². The van der Waals surface area contributed by atoms with Crippen LogP contribution in [0.4, 0.5) is 0 Å². The topological polar surface area (TPSA) is 97.6 Å². The molecule has 1 aromatic heterocycles. The summed E-state index contributed by atoms with van der Waals surface area (Å²) in [6.45, 7) is 4.62. The molecule has 0 saturated carbocycles. The van der Waals surface area contributed by atoms with Crippen LogP contribution in [-0.4, -0.2) is 55.3 Å². The average Bonchev–Trinajstić information content (AvgIpc) is 2.89. The third-order valence-corrected chi connectivity index (χ3v) is 5.27. The van der Waals surface area contributed by atoms with E-state index in [2.05, 4.69) is 5.16 Å². The number of piperidine rings is 1. The molecule has 0 atom stereocenters. The number of aromatic nitrogens is 1. The number of aryl methyl sites for hydroxylation is 1. The molecule has 1 amide bonds. The monoisotopic (exact) mass is 370 g/mol. The van der Waals surface area contributed by atoms with Crippen LogP contribution in [0.25, 0.3) is 0 Å². The average molecular weight is 370 g/mol. The molecule has 25 heavy (non-hydrogen) atoms. The molecule has 0 unspecified atom stereocenters. The molecule has 2 heterocycles. The number of nitrogens with zero attached hydrogens (tertiary/aromatic N) is 2. The lowest BCUT2D eigenvalue weighted by Crippen LogP contribution is -2.41. The van der Waals surface area contributed by atoms with Crippen molar-refractivity contribution in [2.24, 2.45) is 5.92 Å². The second-order valence-corrected chi connectivity index (χ2v) is 8.97. The molecular weight excluding hydrogens is 344 g/mol. The summed E-state index contributed by atoms with van der Waals surface area (Å²) in [6, 6.07) is 0. The van der Waals surface area contributed by atoms with Gasteiger partial charge in [-0.1, -0.05) is 18.5 Å². The highest BCUT2D eigenvalue weighted by Crippen LogP contribution is 2.26. The van der Waals surface area contributed by atoms with Gasteiger partial charge in [-0.15, -0.1) is 0 Å². The minimum atomic E-state index is -3.30. The van der Waals surface area contributed by atoms with Crippen molar-refractivity contribution in [2.45, 2.75) is 46.0 Å². The molecule has 0 aliphatic carbocycles. The first-order valence-corrected chi connectivity index (χ1v) is 10.7. The van der Waals surface area contributed by atoms with Gasteiger partial charge in [0, 0.05) is 25.8 Å². The van der Waals surface area contributed by atoms with Gasteiger partial charge < -0.3 is 9.42 Å². The van der Waals surface area contributed by atoms with E-state index < -0.39 is 15.6 Å². The van der Waals surface area contributed by atoms with Crippen LogP contribution in [0.2, 0.25) is 0 Å². The van der Waals surface area contributed by atoms with Crippen LogP contribution < -0.4 is 0 Å². The summed E-state index contributed by atoms with van der Waals surface area (Å²) >= 11 is 0. The molecule has 0 aromatic carbocycles. The van der Waals surface area contributed by atoms with Crippen molar-refractivity contribution in [2.75, 3.05) is 25.1 Å². The smallest absolute Gasteiger partial charge is 0.237 e. The van der Waals surface area contributed by atoms with E-state index in [4.69, 9.17) is 4.52 Å². The quantitative estimate of drug-likeness (QED) is 0.677. The fourth-order valence-electron chi connectivity index (χ4n) is 3.27. The van der Waals surface area contributed by atoms with E-state index in [1.54, 1.807) is 4.90 Å². The lowest BCUT2D eigenvalue weighted by molar-refractivity contribution is -0.129. The maximum atomic E-state index is 12.0. The van der Waals surface area contributed by atoms with Crippen LogP contribution >= 0.6 is 0 Å². The highest BCUT2D eigenvalue weighted by atomic mass is 32.2. The van der Waals surface area contributed by atoms with Crippen molar-refractivity contribution in [3.8, 4) is 0 Å². The van der Waals surface area contributed by atoms with Crippen molar-refractivity contribution < 1.29 is 22.5 Å². The SMILES string of the molecule is CCCc1noc(CC2CCN(C(=O)CS(C)(=O)=O)CC2)c1C(C)=O. The second-order valence-electron chi connectivity index (χ2n) is 6.83. The van der Waals surface area contributed by atoms with E-state index >= 15 is 0 Å². The molecule has 1 saturated heterocycles. The normalized spacial score (nSPS) is 16.2. The highest BCUT2D eigenvalue weighted by Gasteiger charge is 2.28. The first-order valence-electron chi connectivity index (χ1n) is 8.65. The Morgan fingerprint density at radius 1 is 1.28 bits per heavy atom. The first kappa shape index (κ1) is 19.6. The molecule has 0 radical (unpaired) electrons. The fraction of sp³-hybridized carbons (Fsp3) is 0.706. The summed E-state index contributed by atoms with van der Waals surface area (Å²) in [7, 11) is -3.30. The second kappa shape index (κ2) is 8.12. The Balaban J connectivity index is 1.96. The summed E-state index contributed by atoms with van der Waals surface area (Å²) < 4.78 is 27.9. The minimum Gasteiger partial charge on any atom is -0.360 e. The van der Waals surface area contributed by atoms with Gasteiger partial charge in [-0.2, -0.15) is 0 Å². The molecule has 1 aliphatic rings. The number of hydrogen-bond donors (Lipinski definition) is 0. The summed E-state index contributed by atoms with van der Waals surface area (Å²) in [5.74, 6) is 0.129. The number of likely N-dealkylation sites (tertiary alicyclic amines) is 1. The molecule has 2 rings (SSSR count). The number of amides is 1. The van der Waals surface area contributed by atoms with E-state index in [0.29, 0.717) is 36.8 Å². The van der Waals surface area contributed by atoms with Gasteiger partial charge in [-0.25, -0.2) is 8.42 Å². The van der Waals surface area contributed by atoms with Crippen molar-refractivity contribution in [1.82, 2.24) is 10.1 Å². The number of sulfone groups is 1. The fourth-order valence-corrected chi connectivity index (χ4v) is 3.90. The van der Waals surface area contributed by atoms with E-state index in [9.17, 15) is 18.0 Å². The molecule has 0 N–H and O–H groups in total. The predicted octanol–water partition coefficient (Wildman–Crippen LogP) is 1.66. The highest BCUT2D eigenvalue weighted by molar-refractivity contribution is 7.91. The van der Waals surface area contributed by atoms with Crippen molar-refractivity contribution in [1.29, 1.82) is 0 Å². The molecule has 1 aliphatic heterocycles. The van der Waals surface area contributed by atoms with Gasteiger partial charge >= 0.3 is 0 Å². The van der Waals surface area contributed by atoms with Gasteiger partial charge in [-0.3, -0.25) is 9.59 Å². The lowest BCUT2D eigenvalue weighted by Gasteiger charge is -2.31. The van der Waals surface area contributed by atoms with Gasteiger partial charge in [0.15, 0.2) is 15.6 Å². The van der Waals surface area contributed by atoms with Crippen LogP contribution in [0, 0.1) is 5.92 Å². The van der Waals surface area contributed by atoms with Crippen LogP contribution in [0.5, 0.6) is 0 Å². The van der Waals surface area contributed by atoms with E-state index in [-0.39, 0.29) is 11.7 Å². The Morgan fingerprint density at radius 3 is 2.44 bits per heavy atom. The van der Waals surface area contributed by atoms with E-state index in [1.807, 2.05) is 6.92 Å². The largest absolute Gasteiger partial charge is 0.360 e. The van der Waals surface area contributed by atoms with Gasteiger partial charge in [0.05, 0.1) is 11.3 Å². The Kier molecular flexibility index (Phi) is 6.37. The molecule has 0 spiro atoms. The summed E-state index contributed by atoms with van der Waals surface area (Å²) in [5.41, 5.74) is 1.34. The molecule has 7 nitrogen and oxygen atoms in total. The van der Waals surface area contributed by atoms with Gasteiger partial charge in [0.25, 0.3) is 0 Å². The lowest BCUT2D eigenvalue weighted by atomic mass is 9.90. The summed E-state index contributed by atoms with van der Waals surface area (Å²) in [6.07, 6.45) is 4.83. The predicted molar refractivity (Wildman–Crippen MR) is 93.2 cm³/mol. The molecule has 1 fully saturated rings. The third kappa shape index (κ3) is 5.39. The molecule has 0 bridgehead atoms. The van der Waals surface area contributed by atoms with E-state index in [0.717, 1.165) is 37.6 Å². The number of rotatable bonds is 7. The van der Waals surface area contributed by atoms with Gasteiger partial charge in [-0.05, 0) is 32.1 Å². The molecule has 140 valence electrons. The zero-order chi connectivity index (χ0) is 18.6. The molecule has 1 aromatic rings. The van der Waals surface area contributed by atoms with Crippen LogP contribution in [0.15, 0.2) is 4.52 Å². The van der Waals surface area contributed by atoms with Crippen molar-refractivity contribution in [3.63, 3.8) is 0 Å². The number of ketones is 1. The van der Waals surface area contributed by atoms with Crippen LogP contribution in [-0.2, 0) is 27.5 Å². The third-order valence-electron chi connectivity index (χ3n) is 4.50. The molecule has 8 heteroatoms. The zero-order valence-electron chi connectivity index (χ0n) is 15.1. The van der Waals surface area contributed by atoms with Gasteiger partial charge in [0.1, 0.15) is 11.5 Å².